The van der Waals surface area contributed by atoms with Crippen LogP contribution in [-0.2, 0) is 4.79 Å². The van der Waals surface area contributed by atoms with E-state index in [0.717, 1.165) is 24.5 Å². The third-order valence-electron chi connectivity index (χ3n) is 2.45. The SMILES string of the molecule is O=C(O)CC1CCCN1c1nccs1. The minimum atomic E-state index is -0.724. The molecule has 1 saturated heterocycles. The summed E-state index contributed by atoms with van der Waals surface area (Å²) in [7, 11) is 0. The van der Waals surface area contributed by atoms with Crippen LogP contribution < -0.4 is 4.90 Å². The second-order valence-corrected chi connectivity index (χ2v) is 4.28. The molecule has 1 aromatic heterocycles. The van der Waals surface area contributed by atoms with Crippen molar-refractivity contribution in [2.24, 2.45) is 0 Å². The van der Waals surface area contributed by atoms with Crippen molar-refractivity contribution in [3.63, 3.8) is 0 Å². The number of anilines is 1. The van der Waals surface area contributed by atoms with Gasteiger partial charge < -0.3 is 10.0 Å². The highest BCUT2D eigenvalue weighted by Crippen LogP contribution is 2.28. The summed E-state index contributed by atoms with van der Waals surface area (Å²) in [5.74, 6) is -0.724. The summed E-state index contributed by atoms with van der Waals surface area (Å²) < 4.78 is 0. The number of carboxylic acid groups (broad SMARTS) is 1. The van der Waals surface area contributed by atoms with Crippen LogP contribution in [0.25, 0.3) is 0 Å². The topological polar surface area (TPSA) is 53.4 Å². The summed E-state index contributed by atoms with van der Waals surface area (Å²) in [6.07, 6.45) is 4.01. The third kappa shape index (κ3) is 1.87. The minimum absolute atomic E-state index is 0.138. The van der Waals surface area contributed by atoms with Crippen molar-refractivity contribution in [2.45, 2.75) is 25.3 Å². The van der Waals surface area contributed by atoms with Crippen LogP contribution in [0, 0.1) is 0 Å². The lowest BCUT2D eigenvalue weighted by molar-refractivity contribution is -0.137. The molecule has 76 valence electrons. The molecule has 1 aliphatic heterocycles. The van der Waals surface area contributed by atoms with Crippen molar-refractivity contribution in [3.05, 3.63) is 11.6 Å². The van der Waals surface area contributed by atoms with Gasteiger partial charge in [-0.1, -0.05) is 0 Å². The molecule has 5 heteroatoms. The zero-order chi connectivity index (χ0) is 9.97. The normalized spacial score (nSPS) is 21.4. The van der Waals surface area contributed by atoms with Gasteiger partial charge in [-0.3, -0.25) is 4.79 Å². The molecular formula is C9H12N2O2S. The van der Waals surface area contributed by atoms with Crippen LogP contribution >= 0.6 is 11.3 Å². The molecule has 1 atom stereocenters. The lowest BCUT2D eigenvalue weighted by atomic mass is 10.1. The van der Waals surface area contributed by atoms with E-state index in [9.17, 15) is 4.79 Å². The Balaban J connectivity index is 2.07. The van der Waals surface area contributed by atoms with Gasteiger partial charge in [-0.05, 0) is 12.8 Å². The third-order valence-corrected chi connectivity index (χ3v) is 3.26. The maximum absolute atomic E-state index is 10.6. The number of hydrogen-bond donors (Lipinski definition) is 1. The molecular weight excluding hydrogens is 200 g/mol. The number of carboxylic acids is 1. The van der Waals surface area contributed by atoms with Gasteiger partial charge >= 0.3 is 5.97 Å². The summed E-state index contributed by atoms with van der Waals surface area (Å²) in [5, 5.41) is 11.6. The lowest BCUT2D eigenvalue weighted by Crippen LogP contribution is -2.30. The second-order valence-electron chi connectivity index (χ2n) is 3.40. The zero-order valence-corrected chi connectivity index (χ0v) is 8.54. The summed E-state index contributed by atoms with van der Waals surface area (Å²) in [6, 6.07) is 0.138. The molecule has 2 rings (SSSR count). The first-order valence-corrected chi connectivity index (χ1v) is 5.53. The predicted octanol–water partition coefficient (Wildman–Crippen LogP) is 1.59. The van der Waals surface area contributed by atoms with Gasteiger partial charge in [0.05, 0.1) is 6.42 Å². The number of nitrogens with zero attached hydrogens (tertiary/aromatic N) is 2. The van der Waals surface area contributed by atoms with E-state index >= 15 is 0 Å². The Hall–Kier alpha value is -1.10. The van der Waals surface area contributed by atoms with Crippen LogP contribution in [0.1, 0.15) is 19.3 Å². The molecule has 14 heavy (non-hydrogen) atoms. The van der Waals surface area contributed by atoms with Crippen LogP contribution in [0.5, 0.6) is 0 Å². The van der Waals surface area contributed by atoms with Crippen LogP contribution in [0.4, 0.5) is 5.13 Å². The van der Waals surface area contributed by atoms with Gasteiger partial charge in [-0.15, -0.1) is 11.3 Å². The minimum Gasteiger partial charge on any atom is -0.481 e. The molecule has 1 fully saturated rings. The fourth-order valence-corrected chi connectivity index (χ4v) is 2.60. The maximum Gasteiger partial charge on any atom is 0.305 e. The Morgan fingerprint density at radius 3 is 3.29 bits per heavy atom. The van der Waals surface area contributed by atoms with Crippen LogP contribution in [0.3, 0.4) is 0 Å². The van der Waals surface area contributed by atoms with E-state index in [0.29, 0.717) is 0 Å². The monoisotopic (exact) mass is 212 g/mol. The highest BCUT2D eigenvalue weighted by Gasteiger charge is 2.27. The average Bonchev–Trinajstić information content (AvgIpc) is 2.70. The van der Waals surface area contributed by atoms with Gasteiger partial charge in [0.2, 0.25) is 0 Å². The average molecular weight is 212 g/mol. The Bertz CT molecular complexity index is 313. The molecule has 2 heterocycles. The molecule has 1 aromatic rings. The molecule has 0 bridgehead atoms. The molecule has 0 saturated carbocycles. The van der Waals surface area contributed by atoms with Crippen LogP contribution in [-0.4, -0.2) is 28.6 Å². The van der Waals surface area contributed by atoms with Crippen LogP contribution in [0.2, 0.25) is 0 Å². The standard InChI is InChI=1S/C9H12N2O2S/c12-8(13)6-7-2-1-4-11(7)9-10-3-5-14-9/h3,5,7H,1-2,4,6H2,(H,12,13). The number of hydrogen-bond acceptors (Lipinski definition) is 4. The maximum atomic E-state index is 10.6. The number of thiazole rings is 1. The first-order valence-electron chi connectivity index (χ1n) is 4.65. The van der Waals surface area contributed by atoms with Gasteiger partial charge in [0.15, 0.2) is 5.13 Å². The van der Waals surface area contributed by atoms with E-state index in [4.69, 9.17) is 5.11 Å². The first kappa shape index (κ1) is 9.45. The molecule has 1 aliphatic rings. The Kier molecular flexibility index (Phi) is 2.67. The molecule has 1 unspecified atom stereocenters. The highest BCUT2D eigenvalue weighted by molar-refractivity contribution is 7.13. The van der Waals surface area contributed by atoms with Gasteiger partial charge in [-0.25, -0.2) is 4.98 Å². The summed E-state index contributed by atoms with van der Waals surface area (Å²) in [5.41, 5.74) is 0. The lowest BCUT2D eigenvalue weighted by Gasteiger charge is -2.22. The molecule has 4 nitrogen and oxygen atoms in total. The quantitative estimate of drug-likeness (QED) is 0.826. The van der Waals surface area contributed by atoms with E-state index in [-0.39, 0.29) is 12.5 Å². The van der Waals surface area contributed by atoms with Crippen molar-refractivity contribution in [1.82, 2.24) is 4.98 Å². The number of carbonyl (C=O) groups is 1. The van der Waals surface area contributed by atoms with Crippen molar-refractivity contribution in [2.75, 3.05) is 11.4 Å². The smallest absolute Gasteiger partial charge is 0.305 e. The second kappa shape index (κ2) is 3.96. The van der Waals surface area contributed by atoms with Crippen molar-refractivity contribution in [1.29, 1.82) is 0 Å². The highest BCUT2D eigenvalue weighted by atomic mass is 32.1. The molecule has 0 amide bonds. The fourth-order valence-electron chi connectivity index (χ4n) is 1.86. The van der Waals surface area contributed by atoms with E-state index < -0.39 is 5.97 Å². The fraction of sp³-hybridized carbons (Fsp3) is 0.556. The molecule has 0 radical (unpaired) electrons. The van der Waals surface area contributed by atoms with E-state index in [2.05, 4.69) is 9.88 Å². The van der Waals surface area contributed by atoms with Crippen molar-refractivity contribution in [3.8, 4) is 0 Å². The van der Waals surface area contributed by atoms with E-state index in [1.165, 1.54) is 0 Å². The first-order chi connectivity index (χ1) is 6.77. The molecule has 1 N–H and O–H groups in total. The van der Waals surface area contributed by atoms with Crippen molar-refractivity contribution >= 4 is 22.4 Å². The van der Waals surface area contributed by atoms with E-state index in [1.807, 2.05) is 5.38 Å². The number of aromatic nitrogens is 1. The predicted molar refractivity (Wildman–Crippen MR) is 54.7 cm³/mol. The molecule has 0 aliphatic carbocycles. The summed E-state index contributed by atoms with van der Waals surface area (Å²) in [6.45, 7) is 0.936. The van der Waals surface area contributed by atoms with Crippen LogP contribution in [0.15, 0.2) is 11.6 Å². The zero-order valence-electron chi connectivity index (χ0n) is 7.72. The van der Waals surface area contributed by atoms with Crippen molar-refractivity contribution < 1.29 is 9.90 Å². The molecule has 0 spiro atoms. The largest absolute Gasteiger partial charge is 0.481 e. The van der Waals surface area contributed by atoms with Gasteiger partial charge in [0.1, 0.15) is 0 Å². The van der Waals surface area contributed by atoms with Gasteiger partial charge in [0.25, 0.3) is 0 Å². The van der Waals surface area contributed by atoms with E-state index in [1.54, 1.807) is 17.5 Å². The van der Waals surface area contributed by atoms with Gasteiger partial charge in [-0.2, -0.15) is 0 Å². The Morgan fingerprint density at radius 2 is 2.64 bits per heavy atom. The number of rotatable bonds is 3. The molecule has 0 aromatic carbocycles. The Labute approximate surface area is 86.2 Å². The summed E-state index contributed by atoms with van der Waals surface area (Å²) in [4.78, 5) is 16.9. The Morgan fingerprint density at radius 1 is 1.79 bits per heavy atom. The van der Waals surface area contributed by atoms with Gasteiger partial charge in [0, 0.05) is 24.2 Å². The number of aliphatic carboxylic acids is 1. The summed E-state index contributed by atoms with van der Waals surface area (Å²) >= 11 is 1.57.